The van der Waals surface area contributed by atoms with Crippen LogP contribution in [-0.2, 0) is 11.0 Å². The van der Waals surface area contributed by atoms with E-state index in [9.17, 15) is 22.9 Å². The second kappa shape index (κ2) is 7.58. The van der Waals surface area contributed by atoms with E-state index < -0.39 is 35.4 Å². The molecule has 15 heteroatoms. The molecule has 0 aromatic carbocycles. The summed E-state index contributed by atoms with van der Waals surface area (Å²) in [4.78, 5) is 33.1. The van der Waals surface area contributed by atoms with Crippen LogP contribution in [0.1, 0.15) is 35.2 Å². The van der Waals surface area contributed by atoms with Crippen LogP contribution in [0.15, 0.2) is 42.1 Å². The molecule has 5 rings (SSSR count). The third-order valence-electron chi connectivity index (χ3n) is 5.16. The van der Waals surface area contributed by atoms with Gasteiger partial charge in [-0.3, -0.25) is 4.79 Å². The highest BCUT2D eigenvalue weighted by atomic mass is 35.5. The zero-order valence-corrected chi connectivity index (χ0v) is 17.0. The number of hydrogen-bond donors (Lipinski definition) is 1. The average Bonchev–Trinajstić information content (AvgIpc) is 3.50. The number of hydrogen-bond acceptors (Lipinski definition) is 8. The third-order valence-corrected chi connectivity index (χ3v) is 5.35. The molecular formula is C18H11ClF3N9O2. The van der Waals surface area contributed by atoms with Crippen LogP contribution in [0.2, 0.25) is 5.15 Å². The van der Waals surface area contributed by atoms with E-state index in [0.29, 0.717) is 16.9 Å². The quantitative estimate of drug-likeness (QED) is 0.446. The van der Waals surface area contributed by atoms with Gasteiger partial charge in [0.2, 0.25) is 5.91 Å². The third kappa shape index (κ3) is 3.57. The smallest absolute Gasteiger partial charge is 0.324 e. The van der Waals surface area contributed by atoms with Crippen LogP contribution in [0.25, 0.3) is 11.5 Å². The molecule has 4 heterocycles. The number of nitroso groups, excluding NO2 is 1. The maximum Gasteiger partial charge on any atom is 0.420 e. The van der Waals surface area contributed by atoms with E-state index in [1.165, 1.54) is 29.2 Å². The molecule has 11 nitrogen and oxygen atoms in total. The van der Waals surface area contributed by atoms with E-state index in [1.807, 2.05) is 0 Å². The van der Waals surface area contributed by atoms with Crippen LogP contribution in [0.3, 0.4) is 0 Å². The summed E-state index contributed by atoms with van der Waals surface area (Å²) in [5.74, 6) is -2.09. The average molecular weight is 478 g/mol. The number of pyridine rings is 1. The highest BCUT2D eigenvalue weighted by Gasteiger charge is 2.40. The van der Waals surface area contributed by atoms with Crippen molar-refractivity contribution in [2.24, 2.45) is 5.18 Å². The fraction of sp³-hybridized carbons (Fsp3) is 0.222. The molecule has 0 bridgehead atoms. The fourth-order valence-corrected chi connectivity index (χ4v) is 3.96. The Labute approximate surface area is 186 Å². The first-order valence-corrected chi connectivity index (χ1v) is 9.75. The van der Waals surface area contributed by atoms with Crippen molar-refractivity contribution < 1.29 is 18.0 Å². The summed E-state index contributed by atoms with van der Waals surface area (Å²) in [5, 5.41) is 17.1. The van der Waals surface area contributed by atoms with Gasteiger partial charge in [0.25, 0.3) is 0 Å². The molecule has 2 unspecified atom stereocenters. The van der Waals surface area contributed by atoms with Gasteiger partial charge in [0.05, 0.1) is 35.9 Å². The minimum atomic E-state index is -4.78. The predicted molar refractivity (Wildman–Crippen MR) is 107 cm³/mol. The summed E-state index contributed by atoms with van der Waals surface area (Å²) >= 11 is 5.91. The van der Waals surface area contributed by atoms with Gasteiger partial charge >= 0.3 is 6.18 Å². The first-order valence-electron chi connectivity index (χ1n) is 9.37. The molecule has 0 radical (unpaired) electrons. The van der Waals surface area contributed by atoms with Crippen molar-refractivity contribution in [3.8, 4) is 5.82 Å². The summed E-state index contributed by atoms with van der Waals surface area (Å²) in [6, 6.07) is 1.32. The van der Waals surface area contributed by atoms with Crippen LogP contribution in [0.4, 0.5) is 18.9 Å². The fourth-order valence-electron chi connectivity index (χ4n) is 3.79. The van der Waals surface area contributed by atoms with Crippen molar-refractivity contribution in [3.63, 3.8) is 0 Å². The first kappa shape index (κ1) is 20.9. The highest BCUT2D eigenvalue weighted by Crippen LogP contribution is 2.43. The lowest BCUT2D eigenvalue weighted by Gasteiger charge is -2.15. The Kier molecular flexibility index (Phi) is 4.81. The van der Waals surface area contributed by atoms with E-state index in [1.54, 1.807) is 0 Å². The summed E-state index contributed by atoms with van der Waals surface area (Å²) in [6.45, 7) is 0. The molecule has 0 aliphatic heterocycles. The zero-order valence-electron chi connectivity index (χ0n) is 16.2. The molecule has 1 aliphatic rings. The van der Waals surface area contributed by atoms with E-state index in [-0.39, 0.29) is 17.3 Å². The number of aromatic nitrogens is 7. The number of alkyl halides is 3. The van der Waals surface area contributed by atoms with Crippen LogP contribution in [-0.4, -0.2) is 40.5 Å². The number of nitrogens with one attached hydrogen (secondary N) is 1. The molecule has 0 saturated carbocycles. The van der Waals surface area contributed by atoms with Gasteiger partial charge in [0, 0.05) is 17.8 Å². The summed E-state index contributed by atoms with van der Waals surface area (Å²) in [5.41, 5.74) is -0.217. The van der Waals surface area contributed by atoms with Crippen molar-refractivity contribution in [3.05, 3.63) is 63.8 Å². The first-order chi connectivity index (χ1) is 15.8. The highest BCUT2D eigenvalue weighted by molar-refractivity contribution is 6.29. The molecular weight excluding hydrogens is 467 g/mol. The number of fused-ring (bicyclic) bond motifs is 3. The van der Waals surface area contributed by atoms with Crippen LogP contribution in [0, 0.1) is 4.91 Å². The number of nitrogens with zero attached hydrogens (tertiary/aromatic N) is 8. The maximum absolute atomic E-state index is 13.6. The summed E-state index contributed by atoms with van der Waals surface area (Å²) in [7, 11) is 0. The van der Waals surface area contributed by atoms with Gasteiger partial charge in [-0.1, -0.05) is 16.8 Å². The molecule has 168 valence electrons. The lowest BCUT2D eigenvalue weighted by molar-refractivity contribution is -0.137. The molecule has 4 aromatic rings. The Morgan fingerprint density at radius 1 is 1.18 bits per heavy atom. The van der Waals surface area contributed by atoms with Crippen molar-refractivity contribution in [2.45, 2.75) is 24.6 Å². The van der Waals surface area contributed by atoms with Crippen LogP contribution in [0.5, 0.6) is 0 Å². The van der Waals surface area contributed by atoms with E-state index in [2.05, 4.69) is 35.8 Å². The Hall–Kier alpha value is -3.94. The molecule has 4 aromatic heterocycles. The molecule has 1 aliphatic carbocycles. The van der Waals surface area contributed by atoms with E-state index in [4.69, 9.17) is 11.6 Å². The SMILES string of the molecule is O=NC1CC(C(=O)Nc2cnc(-n3nccn3)c(C(F)(F)F)c2)c2cnc3cc(Cl)nn3c21. The van der Waals surface area contributed by atoms with Gasteiger partial charge < -0.3 is 5.32 Å². The Bertz CT molecular complexity index is 1390. The number of carbonyl (C=O) groups excluding carboxylic acids is 1. The standard InChI is InChI=1S/C18H11ClF3N9O2/c19-13-5-14-23-7-10-9(4-12(29-33)15(10)30(14)28-13)17(32)27-8-3-11(18(20,21)22)16(24-6-8)31-25-1-2-26-31/h1-3,5-7,9,12H,4H2,(H,27,32). The van der Waals surface area contributed by atoms with Gasteiger partial charge in [-0.05, 0) is 12.5 Å². The summed E-state index contributed by atoms with van der Waals surface area (Å²) < 4.78 is 42.2. The Morgan fingerprint density at radius 3 is 2.64 bits per heavy atom. The minimum absolute atomic E-state index is 0.00220. The normalized spacial score (nSPS) is 17.8. The molecule has 0 saturated heterocycles. The monoisotopic (exact) mass is 477 g/mol. The van der Waals surface area contributed by atoms with E-state index >= 15 is 0 Å². The number of rotatable bonds is 4. The number of anilines is 1. The second-order valence-corrected chi connectivity index (χ2v) is 7.53. The largest absolute Gasteiger partial charge is 0.420 e. The van der Waals surface area contributed by atoms with Crippen molar-refractivity contribution >= 4 is 28.8 Å². The molecule has 0 fully saturated rings. The van der Waals surface area contributed by atoms with Crippen molar-refractivity contribution in [1.29, 1.82) is 0 Å². The molecule has 2 atom stereocenters. The molecule has 1 N–H and O–H groups in total. The van der Waals surface area contributed by atoms with Crippen molar-refractivity contribution in [1.82, 2.24) is 34.6 Å². The second-order valence-electron chi connectivity index (χ2n) is 7.15. The van der Waals surface area contributed by atoms with Gasteiger partial charge in [0.1, 0.15) is 11.6 Å². The minimum Gasteiger partial charge on any atom is -0.324 e. The lowest BCUT2D eigenvalue weighted by Crippen LogP contribution is -2.21. The lowest BCUT2D eigenvalue weighted by atomic mass is 10.0. The predicted octanol–water partition coefficient (Wildman–Crippen LogP) is 3.31. The van der Waals surface area contributed by atoms with Gasteiger partial charge in [-0.15, -0.1) is 4.80 Å². The van der Waals surface area contributed by atoms with Crippen molar-refractivity contribution in [2.75, 3.05) is 5.32 Å². The topological polar surface area (TPSA) is 132 Å². The molecule has 1 amide bonds. The Morgan fingerprint density at radius 2 is 1.94 bits per heavy atom. The van der Waals surface area contributed by atoms with Gasteiger partial charge in [-0.25, -0.2) is 14.5 Å². The van der Waals surface area contributed by atoms with Crippen LogP contribution < -0.4 is 5.32 Å². The molecule has 33 heavy (non-hydrogen) atoms. The number of carbonyl (C=O) groups is 1. The number of halogens is 4. The van der Waals surface area contributed by atoms with Gasteiger partial charge in [0.15, 0.2) is 16.6 Å². The number of amides is 1. The van der Waals surface area contributed by atoms with Crippen LogP contribution >= 0.6 is 11.6 Å². The Balaban J connectivity index is 1.49. The van der Waals surface area contributed by atoms with Gasteiger partial charge in [-0.2, -0.15) is 33.4 Å². The van der Waals surface area contributed by atoms with E-state index in [0.717, 1.165) is 17.1 Å². The zero-order chi connectivity index (χ0) is 23.3. The summed E-state index contributed by atoms with van der Waals surface area (Å²) in [6.07, 6.45) is 0.111. The maximum atomic E-state index is 13.6. The molecule has 0 spiro atoms.